The number of hydrogen-bond donors (Lipinski definition) is 0. The summed E-state index contributed by atoms with van der Waals surface area (Å²) < 4.78 is 27.5. The molecule has 0 radical (unpaired) electrons. The van der Waals surface area contributed by atoms with Crippen molar-refractivity contribution in [1.82, 2.24) is 14.6 Å². The number of halogens is 1. The monoisotopic (exact) mass is 580 g/mol. The van der Waals surface area contributed by atoms with Gasteiger partial charge >= 0.3 is 0 Å². The molecular weight excluding hydrogens is 552 g/mol. The number of nitrogens with zero attached hydrogens (tertiary/aromatic N) is 4. The second kappa shape index (κ2) is 12.8. The molecule has 4 atom stereocenters. The highest BCUT2D eigenvalue weighted by Crippen LogP contribution is 2.44. The van der Waals surface area contributed by atoms with Gasteiger partial charge < -0.3 is 18.9 Å². The van der Waals surface area contributed by atoms with Gasteiger partial charge in [-0.15, -0.1) is 0 Å². The molecule has 212 valence electrons. The van der Waals surface area contributed by atoms with Crippen LogP contribution in [-0.4, -0.2) is 39.5 Å². The lowest BCUT2D eigenvalue weighted by Crippen LogP contribution is -2.44. The van der Waals surface area contributed by atoms with Crippen molar-refractivity contribution in [2.75, 3.05) is 6.61 Å². The molecule has 1 aliphatic heterocycles. The third kappa shape index (κ3) is 5.79. The van der Waals surface area contributed by atoms with E-state index in [0.29, 0.717) is 24.4 Å². The number of ether oxygens (including phenoxy) is 4. The van der Waals surface area contributed by atoms with Crippen LogP contribution in [0.3, 0.4) is 0 Å². The molecule has 0 amide bonds. The molecular formula is C33H29ClN4O4. The fourth-order valence-electron chi connectivity index (χ4n) is 5.27. The zero-order valence-electron chi connectivity index (χ0n) is 22.8. The minimum atomic E-state index is -1.58. The van der Waals surface area contributed by atoms with Gasteiger partial charge in [-0.1, -0.05) is 103 Å². The van der Waals surface area contributed by atoms with Crippen LogP contribution in [0.1, 0.15) is 22.4 Å². The van der Waals surface area contributed by atoms with Gasteiger partial charge in [-0.3, -0.25) is 0 Å². The molecule has 0 unspecified atom stereocenters. The summed E-state index contributed by atoms with van der Waals surface area (Å²) >= 11 is 6.37. The van der Waals surface area contributed by atoms with E-state index in [-0.39, 0.29) is 18.4 Å². The highest BCUT2D eigenvalue weighted by Gasteiger charge is 2.60. The SMILES string of the molecule is N#C[C@@]1(c2ccc3c(Cl)ncnn23)O[C@H](COCc2ccccc2)[C@@H](OCc2ccccc2)[C@H]1OCc1ccccc1. The van der Waals surface area contributed by atoms with Crippen LogP contribution in [0.15, 0.2) is 109 Å². The lowest BCUT2D eigenvalue weighted by molar-refractivity contribution is -0.0971. The molecule has 0 aliphatic carbocycles. The molecule has 8 nitrogen and oxygen atoms in total. The van der Waals surface area contributed by atoms with Crippen LogP contribution in [0.25, 0.3) is 5.52 Å². The molecule has 0 N–H and O–H groups in total. The van der Waals surface area contributed by atoms with E-state index in [4.69, 9.17) is 30.5 Å². The van der Waals surface area contributed by atoms with E-state index in [0.717, 1.165) is 16.7 Å². The molecule has 5 aromatic rings. The van der Waals surface area contributed by atoms with Gasteiger partial charge in [0, 0.05) is 0 Å². The third-order valence-electron chi connectivity index (χ3n) is 7.31. The van der Waals surface area contributed by atoms with Gasteiger partial charge in [0.15, 0.2) is 5.15 Å². The first-order chi connectivity index (χ1) is 20.7. The lowest BCUT2D eigenvalue weighted by Gasteiger charge is -2.29. The summed E-state index contributed by atoms with van der Waals surface area (Å²) in [5.41, 5.74) is 2.43. The van der Waals surface area contributed by atoms with Gasteiger partial charge in [0.25, 0.3) is 0 Å². The van der Waals surface area contributed by atoms with Crippen molar-refractivity contribution < 1.29 is 18.9 Å². The first-order valence-electron chi connectivity index (χ1n) is 13.7. The standard InChI is InChI=1S/C33H29ClN4O4/c34-32-27-16-17-29(38(27)37-23-36-32)33(22-35)31(41-20-26-14-8-3-9-15-26)30(40-19-25-12-6-2-7-13-25)28(42-33)21-39-18-24-10-4-1-5-11-24/h1-17,23,28,30-31H,18-21H2/t28-,30-,31-,33+/m1/s1. The summed E-state index contributed by atoms with van der Waals surface area (Å²) in [6.07, 6.45) is -0.751. The number of benzene rings is 3. The van der Waals surface area contributed by atoms with Gasteiger partial charge in [-0.2, -0.15) is 10.4 Å². The Hall–Kier alpha value is -4.10. The molecule has 9 heteroatoms. The Morgan fingerprint density at radius 2 is 1.40 bits per heavy atom. The number of rotatable bonds is 11. The van der Waals surface area contributed by atoms with Gasteiger partial charge in [0.05, 0.1) is 32.1 Å². The van der Waals surface area contributed by atoms with Crippen LogP contribution in [-0.2, 0) is 44.4 Å². The van der Waals surface area contributed by atoms with Crippen molar-refractivity contribution in [1.29, 1.82) is 5.26 Å². The summed E-state index contributed by atoms with van der Waals surface area (Å²) in [6, 6.07) is 35.6. The fraction of sp³-hybridized carbons (Fsp3) is 0.242. The largest absolute Gasteiger partial charge is 0.374 e. The maximum atomic E-state index is 10.9. The topological polar surface area (TPSA) is 90.9 Å². The Kier molecular flexibility index (Phi) is 8.56. The average Bonchev–Trinajstić information content (AvgIpc) is 3.61. The summed E-state index contributed by atoms with van der Waals surface area (Å²) in [7, 11) is 0. The normalized spacial score (nSPS) is 21.9. The number of nitriles is 1. The first kappa shape index (κ1) is 28.0. The first-order valence-corrected chi connectivity index (χ1v) is 14.1. The fourth-order valence-corrected chi connectivity index (χ4v) is 5.45. The minimum Gasteiger partial charge on any atom is -0.374 e. The van der Waals surface area contributed by atoms with Crippen molar-refractivity contribution in [3.8, 4) is 6.07 Å². The van der Waals surface area contributed by atoms with Crippen LogP contribution in [0.4, 0.5) is 0 Å². The average molecular weight is 581 g/mol. The third-order valence-corrected chi connectivity index (χ3v) is 7.60. The molecule has 0 bridgehead atoms. The van der Waals surface area contributed by atoms with E-state index < -0.39 is 23.9 Å². The van der Waals surface area contributed by atoms with Crippen molar-refractivity contribution in [3.63, 3.8) is 0 Å². The van der Waals surface area contributed by atoms with Crippen LogP contribution >= 0.6 is 11.6 Å². The molecule has 42 heavy (non-hydrogen) atoms. The molecule has 1 fully saturated rings. The lowest BCUT2D eigenvalue weighted by atomic mass is 9.92. The highest BCUT2D eigenvalue weighted by molar-refractivity contribution is 6.32. The van der Waals surface area contributed by atoms with Gasteiger partial charge in [-0.25, -0.2) is 9.50 Å². The van der Waals surface area contributed by atoms with E-state index in [9.17, 15) is 5.26 Å². The zero-order valence-corrected chi connectivity index (χ0v) is 23.5. The van der Waals surface area contributed by atoms with Gasteiger partial charge in [0.1, 0.15) is 36.2 Å². The molecule has 0 spiro atoms. The summed E-state index contributed by atoms with van der Waals surface area (Å²) in [4.78, 5) is 4.09. The second-order valence-electron chi connectivity index (χ2n) is 10.0. The van der Waals surface area contributed by atoms with Crippen molar-refractivity contribution in [2.24, 2.45) is 0 Å². The van der Waals surface area contributed by atoms with Crippen LogP contribution in [0.2, 0.25) is 5.15 Å². The Balaban J connectivity index is 1.37. The Labute approximate surface area is 249 Å². The van der Waals surface area contributed by atoms with E-state index in [1.54, 1.807) is 16.6 Å². The molecule has 1 aliphatic rings. The predicted octanol–water partition coefficient (Wildman–Crippen LogP) is 5.89. The smallest absolute Gasteiger partial charge is 0.225 e. The predicted molar refractivity (Wildman–Crippen MR) is 156 cm³/mol. The number of fused-ring (bicyclic) bond motifs is 1. The van der Waals surface area contributed by atoms with Crippen molar-refractivity contribution in [3.05, 3.63) is 137 Å². The van der Waals surface area contributed by atoms with E-state index in [1.807, 2.05) is 91.0 Å². The minimum absolute atomic E-state index is 0.183. The Morgan fingerprint density at radius 3 is 2.02 bits per heavy atom. The molecule has 2 aromatic heterocycles. The maximum Gasteiger partial charge on any atom is 0.225 e. The summed E-state index contributed by atoms with van der Waals surface area (Å²) in [5.74, 6) is 0. The second-order valence-corrected chi connectivity index (χ2v) is 10.4. The summed E-state index contributed by atoms with van der Waals surface area (Å²) in [6.45, 7) is 1.12. The maximum absolute atomic E-state index is 10.9. The highest BCUT2D eigenvalue weighted by atomic mass is 35.5. The molecule has 1 saturated heterocycles. The number of aromatic nitrogens is 3. The Bertz CT molecular complexity index is 1650. The Morgan fingerprint density at radius 1 is 0.810 bits per heavy atom. The van der Waals surface area contributed by atoms with E-state index in [1.165, 1.54) is 6.33 Å². The zero-order chi connectivity index (χ0) is 28.8. The van der Waals surface area contributed by atoms with Crippen LogP contribution in [0.5, 0.6) is 0 Å². The van der Waals surface area contributed by atoms with Crippen LogP contribution in [0, 0.1) is 11.3 Å². The quantitative estimate of drug-likeness (QED) is 0.192. The number of hydrogen-bond acceptors (Lipinski definition) is 7. The molecule has 3 aromatic carbocycles. The van der Waals surface area contributed by atoms with Crippen LogP contribution < -0.4 is 0 Å². The molecule has 3 heterocycles. The van der Waals surface area contributed by atoms with Crippen molar-refractivity contribution in [2.45, 2.75) is 43.7 Å². The van der Waals surface area contributed by atoms with E-state index >= 15 is 0 Å². The van der Waals surface area contributed by atoms with Crippen molar-refractivity contribution >= 4 is 17.1 Å². The molecule has 0 saturated carbocycles. The summed E-state index contributed by atoms with van der Waals surface area (Å²) in [5, 5.41) is 15.5. The van der Waals surface area contributed by atoms with Gasteiger partial charge in [0.2, 0.25) is 5.60 Å². The van der Waals surface area contributed by atoms with E-state index in [2.05, 4.69) is 16.2 Å². The molecule has 6 rings (SSSR count). The van der Waals surface area contributed by atoms with Gasteiger partial charge in [-0.05, 0) is 28.8 Å².